The van der Waals surface area contributed by atoms with Gasteiger partial charge < -0.3 is 19.7 Å². The number of aliphatic hydroxyl groups excluding tert-OH is 1. The molecule has 34 heavy (non-hydrogen) atoms. The van der Waals surface area contributed by atoms with Crippen molar-refractivity contribution >= 4 is 17.7 Å². The van der Waals surface area contributed by atoms with Crippen LogP contribution in [-0.2, 0) is 23.9 Å². The fourth-order valence-corrected chi connectivity index (χ4v) is 7.08. The molecule has 0 aromatic rings. The molecule has 0 aliphatic heterocycles. The molecule has 8 atom stereocenters. The number of hydrogen-bond acceptors (Lipinski definition) is 7. The van der Waals surface area contributed by atoms with Crippen molar-refractivity contribution in [2.75, 3.05) is 6.61 Å². The summed E-state index contributed by atoms with van der Waals surface area (Å²) in [7, 11) is 0. The lowest BCUT2D eigenvalue weighted by Crippen LogP contribution is -2.65. The van der Waals surface area contributed by atoms with Crippen molar-refractivity contribution < 1.29 is 34.1 Å². The van der Waals surface area contributed by atoms with E-state index in [4.69, 9.17) is 9.47 Å². The molecule has 186 valence electrons. The second-order valence-electron chi connectivity index (χ2n) is 11.2. The fourth-order valence-electron chi connectivity index (χ4n) is 7.08. The number of Topliss-reactive ketones (excluding diaryl/α,β-unsaturated/α-hetero) is 1. The third-order valence-corrected chi connectivity index (χ3v) is 9.14. The van der Waals surface area contributed by atoms with Crippen LogP contribution in [0.15, 0.2) is 34.9 Å². The Hall–Kier alpha value is -2.25. The Bertz CT molecular complexity index is 1030. The van der Waals surface area contributed by atoms with Crippen LogP contribution in [0, 0.1) is 34.5 Å². The molecule has 2 unspecified atom stereocenters. The van der Waals surface area contributed by atoms with Crippen LogP contribution in [0.1, 0.15) is 54.9 Å². The zero-order valence-electron chi connectivity index (χ0n) is 21.0. The van der Waals surface area contributed by atoms with E-state index in [1.165, 1.54) is 6.92 Å². The first kappa shape index (κ1) is 24.9. The number of ketones is 1. The molecular weight excluding hydrogens is 436 g/mol. The average Bonchev–Trinajstić information content (AvgIpc) is 3.26. The van der Waals surface area contributed by atoms with Crippen molar-refractivity contribution in [1.82, 2.24) is 0 Å². The first-order valence-electron chi connectivity index (χ1n) is 12.1. The molecule has 4 rings (SSSR count). The minimum absolute atomic E-state index is 0.0566. The fraction of sp³-hybridized carbons (Fsp3) is 0.667. The molecule has 2 fully saturated rings. The van der Waals surface area contributed by atoms with Crippen molar-refractivity contribution in [3.05, 3.63) is 34.9 Å². The van der Waals surface area contributed by atoms with Crippen molar-refractivity contribution in [3.63, 3.8) is 0 Å². The van der Waals surface area contributed by atoms with Crippen LogP contribution in [0.5, 0.6) is 0 Å². The number of hydrogen-bond donors (Lipinski definition) is 2. The summed E-state index contributed by atoms with van der Waals surface area (Å²) in [4.78, 5) is 38.7. The second-order valence-corrected chi connectivity index (χ2v) is 11.2. The third-order valence-electron chi connectivity index (χ3n) is 9.14. The summed E-state index contributed by atoms with van der Waals surface area (Å²) in [5.41, 5.74) is -2.47. The van der Waals surface area contributed by atoms with E-state index >= 15 is 0 Å². The molecule has 0 aromatic heterocycles. The number of fused-ring (bicyclic) bond motifs is 3. The van der Waals surface area contributed by atoms with Gasteiger partial charge in [-0.3, -0.25) is 9.59 Å². The highest BCUT2D eigenvalue weighted by Crippen LogP contribution is 2.71. The molecule has 4 aliphatic rings. The molecule has 2 bridgehead atoms. The highest BCUT2D eigenvalue weighted by Gasteiger charge is 2.76. The lowest BCUT2D eigenvalue weighted by Gasteiger charge is -2.48. The van der Waals surface area contributed by atoms with E-state index in [2.05, 4.69) is 13.8 Å². The van der Waals surface area contributed by atoms with Crippen LogP contribution in [0.25, 0.3) is 0 Å². The topological polar surface area (TPSA) is 110 Å². The average molecular weight is 473 g/mol. The van der Waals surface area contributed by atoms with E-state index in [0.717, 1.165) is 0 Å². The van der Waals surface area contributed by atoms with E-state index in [0.29, 0.717) is 17.6 Å². The molecule has 0 heterocycles. The number of aliphatic hydroxyl groups is 2. The number of carbonyl (C=O) groups is 3. The van der Waals surface area contributed by atoms with Crippen LogP contribution < -0.4 is 0 Å². The van der Waals surface area contributed by atoms with Gasteiger partial charge in [0.2, 0.25) is 0 Å². The van der Waals surface area contributed by atoms with Gasteiger partial charge in [-0.15, -0.1) is 0 Å². The standard InChI is InChI=1S/C27H36O7/c1-8-13(2)24(31)34-23-14(3)11-26-15(4)9-19-20(25(19,6)7)18(22(26)30)10-17(12-33-16(5)28)21(29)27(23,26)32/h8,10-11,15,18-21,23,29,32H,9,12H2,1-7H3/b13-8-/t15-,18?,19-,20+,21-,23+,26?,27+/m1/s1. The molecule has 7 nitrogen and oxygen atoms in total. The van der Waals surface area contributed by atoms with Gasteiger partial charge in [0.25, 0.3) is 0 Å². The van der Waals surface area contributed by atoms with Crippen molar-refractivity contribution in [3.8, 4) is 0 Å². The summed E-state index contributed by atoms with van der Waals surface area (Å²) >= 11 is 0. The zero-order chi connectivity index (χ0) is 25.4. The molecule has 4 aliphatic carbocycles. The Labute approximate surface area is 200 Å². The van der Waals surface area contributed by atoms with E-state index < -0.39 is 41.1 Å². The Morgan fingerprint density at radius 1 is 1.26 bits per heavy atom. The van der Waals surface area contributed by atoms with E-state index in [1.54, 1.807) is 39.0 Å². The number of rotatable bonds is 4. The molecule has 2 saturated carbocycles. The highest BCUT2D eigenvalue weighted by atomic mass is 16.6. The number of allylic oxidation sites excluding steroid dienone is 2. The lowest BCUT2D eigenvalue weighted by molar-refractivity contribution is -0.201. The minimum Gasteiger partial charge on any atom is -0.461 e. The molecule has 0 amide bonds. The summed E-state index contributed by atoms with van der Waals surface area (Å²) < 4.78 is 11.0. The summed E-state index contributed by atoms with van der Waals surface area (Å²) in [5.74, 6) is -1.83. The largest absolute Gasteiger partial charge is 0.461 e. The van der Waals surface area contributed by atoms with Crippen LogP contribution in [0.3, 0.4) is 0 Å². The SMILES string of the molecule is C/C=C(/C)C(=O)O[C@H]1C(C)=CC23C(=O)C(C=C(COC(C)=O)[C@@H](O)[C@]12O)[C@H]1[C@@H](C[C@H]3C)C1(C)C. The van der Waals surface area contributed by atoms with Crippen LogP contribution in [0.4, 0.5) is 0 Å². The zero-order valence-corrected chi connectivity index (χ0v) is 21.0. The first-order valence-corrected chi connectivity index (χ1v) is 12.1. The molecular formula is C27H36O7. The summed E-state index contributed by atoms with van der Waals surface area (Å²) in [6.07, 6.45) is 2.96. The van der Waals surface area contributed by atoms with Gasteiger partial charge in [0.15, 0.2) is 17.5 Å². The van der Waals surface area contributed by atoms with Gasteiger partial charge in [0.05, 0.1) is 5.41 Å². The lowest BCUT2D eigenvalue weighted by atomic mass is 9.59. The van der Waals surface area contributed by atoms with Gasteiger partial charge in [-0.25, -0.2) is 4.79 Å². The molecule has 0 radical (unpaired) electrons. The van der Waals surface area contributed by atoms with Crippen LogP contribution in [-0.4, -0.2) is 52.4 Å². The molecule has 2 N–H and O–H groups in total. The maximum atomic E-state index is 14.4. The summed E-state index contributed by atoms with van der Waals surface area (Å²) in [5, 5.41) is 24.1. The van der Waals surface area contributed by atoms with Crippen LogP contribution in [0.2, 0.25) is 0 Å². The normalized spacial score (nSPS) is 42.4. The maximum Gasteiger partial charge on any atom is 0.334 e. The highest BCUT2D eigenvalue weighted by molar-refractivity contribution is 5.96. The van der Waals surface area contributed by atoms with E-state index in [1.807, 2.05) is 6.92 Å². The van der Waals surface area contributed by atoms with Crippen LogP contribution >= 0.6 is 0 Å². The van der Waals surface area contributed by atoms with Gasteiger partial charge in [0.1, 0.15) is 12.7 Å². The quantitative estimate of drug-likeness (QED) is 0.368. The summed E-state index contributed by atoms with van der Waals surface area (Å²) in [6, 6.07) is 0. The van der Waals surface area contributed by atoms with Gasteiger partial charge in [-0.1, -0.05) is 39.0 Å². The number of ether oxygens (including phenoxy) is 2. The minimum atomic E-state index is -2.13. The van der Waals surface area contributed by atoms with E-state index in [-0.39, 0.29) is 41.1 Å². The number of carbonyl (C=O) groups excluding carboxylic acids is 3. The summed E-state index contributed by atoms with van der Waals surface area (Å²) in [6.45, 7) is 12.3. The molecule has 1 spiro atoms. The Kier molecular flexibility index (Phi) is 5.77. The molecule has 0 aromatic carbocycles. The Morgan fingerprint density at radius 3 is 2.50 bits per heavy atom. The monoisotopic (exact) mass is 472 g/mol. The second kappa shape index (κ2) is 7.89. The van der Waals surface area contributed by atoms with E-state index in [9.17, 15) is 24.6 Å². The van der Waals surface area contributed by atoms with Crippen molar-refractivity contribution in [2.24, 2.45) is 34.5 Å². The van der Waals surface area contributed by atoms with Gasteiger partial charge in [-0.05, 0) is 61.5 Å². The predicted molar refractivity (Wildman–Crippen MR) is 124 cm³/mol. The van der Waals surface area contributed by atoms with Crippen molar-refractivity contribution in [2.45, 2.75) is 72.7 Å². The predicted octanol–water partition coefficient (Wildman–Crippen LogP) is 2.90. The Morgan fingerprint density at radius 2 is 1.91 bits per heavy atom. The smallest absolute Gasteiger partial charge is 0.334 e. The molecule has 0 saturated heterocycles. The van der Waals surface area contributed by atoms with Gasteiger partial charge >= 0.3 is 11.9 Å². The number of esters is 2. The molecule has 7 heteroatoms. The third kappa shape index (κ3) is 3.12. The van der Waals surface area contributed by atoms with Crippen molar-refractivity contribution in [1.29, 1.82) is 0 Å². The first-order chi connectivity index (χ1) is 15.7. The maximum absolute atomic E-state index is 14.4. The van der Waals surface area contributed by atoms with Gasteiger partial charge in [0, 0.05) is 18.4 Å². The van der Waals surface area contributed by atoms with Gasteiger partial charge in [-0.2, -0.15) is 0 Å². The Balaban J connectivity index is 1.90.